The van der Waals surface area contributed by atoms with Crippen LogP contribution in [0.4, 0.5) is 5.69 Å². The molecule has 0 aliphatic rings. The monoisotopic (exact) mass is 343 g/mol. The van der Waals surface area contributed by atoms with Gasteiger partial charge in [0.25, 0.3) is 11.6 Å². The first kappa shape index (κ1) is 15.9. The van der Waals surface area contributed by atoms with Gasteiger partial charge in [0.2, 0.25) is 5.89 Å². The van der Waals surface area contributed by atoms with Gasteiger partial charge in [-0.05, 0) is 24.4 Å². The van der Waals surface area contributed by atoms with Crippen LogP contribution < -0.4 is 5.32 Å². The second kappa shape index (κ2) is 6.63. The van der Waals surface area contributed by atoms with Crippen molar-refractivity contribution >= 4 is 22.9 Å². The molecule has 1 N–H and O–H groups in total. The van der Waals surface area contributed by atoms with Crippen molar-refractivity contribution in [1.29, 1.82) is 0 Å². The highest BCUT2D eigenvalue weighted by molar-refractivity contribution is 7.13. The molecule has 0 aliphatic carbocycles. The van der Waals surface area contributed by atoms with Gasteiger partial charge in [0.15, 0.2) is 0 Å². The molecule has 3 aromatic rings. The molecule has 7 nitrogen and oxygen atoms in total. The summed E-state index contributed by atoms with van der Waals surface area (Å²) in [6.45, 7) is 1.80. The van der Waals surface area contributed by atoms with Crippen LogP contribution >= 0.6 is 11.3 Å². The van der Waals surface area contributed by atoms with Crippen molar-refractivity contribution in [2.45, 2.75) is 13.5 Å². The Labute approximate surface area is 141 Å². The Hall–Kier alpha value is -3.00. The second-order valence-corrected chi connectivity index (χ2v) is 6.01. The van der Waals surface area contributed by atoms with E-state index in [1.54, 1.807) is 19.1 Å². The normalized spacial score (nSPS) is 10.5. The SMILES string of the molecule is Cc1ccc(C(=O)NCc2coc(-c3cccs3)n2)cc1[N+](=O)[O-]. The number of aromatic nitrogens is 1. The fourth-order valence-electron chi connectivity index (χ4n) is 2.12. The molecule has 0 atom stereocenters. The molecule has 0 saturated carbocycles. The van der Waals surface area contributed by atoms with Crippen LogP contribution in [0.25, 0.3) is 10.8 Å². The fraction of sp³-hybridized carbons (Fsp3) is 0.125. The van der Waals surface area contributed by atoms with Crippen LogP contribution in [0, 0.1) is 17.0 Å². The van der Waals surface area contributed by atoms with Crippen molar-refractivity contribution in [1.82, 2.24) is 10.3 Å². The smallest absolute Gasteiger partial charge is 0.273 e. The van der Waals surface area contributed by atoms with Crippen LogP contribution in [-0.4, -0.2) is 15.8 Å². The molecule has 0 fully saturated rings. The Morgan fingerprint density at radius 3 is 2.96 bits per heavy atom. The summed E-state index contributed by atoms with van der Waals surface area (Å²) in [4.78, 5) is 27.8. The van der Waals surface area contributed by atoms with Gasteiger partial charge in [0.1, 0.15) is 6.26 Å². The quantitative estimate of drug-likeness (QED) is 0.564. The number of thiophene rings is 1. The summed E-state index contributed by atoms with van der Waals surface area (Å²) in [5.41, 5.74) is 1.24. The van der Waals surface area contributed by atoms with E-state index < -0.39 is 10.8 Å². The molecule has 0 spiro atoms. The summed E-state index contributed by atoms with van der Waals surface area (Å²) in [7, 11) is 0. The largest absolute Gasteiger partial charge is 0.443 e. The Morgan fingerprint density at radius 1 is 1.42 bits per heavy atom. The van der Waals surface area contributed by atoms with Crippen LogP contribution in [0.2, 0.25) is 0 Å². The van der Waals surface area contributed by atoms with E-state index in [-0.39, 0.29) is 17.8 Å². The molecular weight excluding hydrogens is 330 g/mol. The van der Waals surface area contributed by atoms with Gasteiger partial charge < -0.3 is 9.73 Å². The summed E-state index contributed by atoms with van der Waals surface area (Å²) in [5.74, 6) is 0.0963. The predicted octanol–water partition coefficient (Wildman–Crippen LogP) is 3.55. The van der Waals surface area contributed by atoms with Crippen molar-refractivity contribution in [2.75, 3.05) is 0 Å². The summed E-state index contributed by atoms with van der Waals surface area (Å²) in [6, 6.07) is 8.17. The zero-order chi connectivity index (χ0) is 17.1. The lowest BCUT2D eigenvalue weighted by atomic mass is 10.1. The van der Waals surface area contributed by atoms with E-state index in [4.69, 9.17) is 4.42 Å². The average Bonchev–Trinajstić information content (AvgIpc) is 3.24. The molecule has 2 heterocycles. The number of carbonyl (C=O) groups is 1. The molecule has 1 amide bonds. The van der Waals surface area contributed by atoms with E-state index >= 15 is 0 Å². The summed E-state index contributed by atoms with van der Waals surface area (Å²) in [6.07, 6.45) is 1.48. The van der Waals surface area contributed by atoms with E-state index in [1.165, 1.54) is 23.7 Å². The average molecular weight is 343 g/mol. The van der Waals surface area contributed by atoms with Crippen molar-refractivity contribution in [3.63, 3.8) is 0 Å². The third-order valence-corrected chi connectivity index (χ3v) is 4.24. The number of hydrogen-bond donors (Lipinski definition) is 1. The predicted molar refractivity (Wildman–Crippen MR) is 88.8 cm³/mol. The van der Waals surface area contributed by atoms with Crippen LogP contribution in [-0.2, 0) is 6.54 Å². The Kier molecular flexibility index (Phi) is 4.39. The Balaban J connectivity index is 1.68. The molecule has 0 unspecified atom stereocenters. The molecular formula is C16H13N3O4S. The maximum atomic E-state index is 12.1. The minimum absolute atomic E-state index is 0.0796. The molecule has 0 aliphatic heterocycles. The van der Waals surface area contributed by atoms with Crippen molar-refractivity contribution in [2.24, 2.45) is 0 Å². The molecule has 1 aromatic carbocycles. The zero-order valence-corrected chi connectivity index (χ0v) is 13.5. The number of carbonyl (C=O) groups excluding carboxylic acids is 1. The van der Waals surface area contributed by atoms with Gasteiger partial charge in [0.05, 0.1) is 22.0 Å². The summed E-state index contributed by atoms with van der Waals surface area (Å²) in [5, 5.41) is 15.5. The highest BCUT2D eigenvalue weighted by atomic mass is 32.1. The number of nitro groups is 1. The van der Waals surface area contributed by atoms with Crippen molar-refractivity contribution in [3.05, 3.63) is 68.9 Å². The highest BCUT2D eigenvalue weighted by Gasteiger charge is 2.15. The topological polar surface area (TPSA) is 98.3 Å². The number of nitrogens with one attached hydrogen (secondary N) is 1. The molecule has 0 radical (unpaired) electrons. The van der Waals surface area contributed by atoms with E-state index in [1.807, 2.05) is 17.5 Å². The maximum Gasteiger partial charge on any atom is 0.273 e. The standard InChI is InChI=1S/C16H13N3O4S/c1-10-4-5-11(7-13(10)19(21)22)15(20)17-8-12-9-23-16(18-12)14-3-2-6-24-14/h2-7,9H,8H2,1H3,(H,17,20). The highest BCUT2D eigenvalue weighted by Crippen LogP contribution is 2.23. The molecule has 0 bridgehead atoms. The Morgan fingerprint density at radius 2 is 2.25 bits per heavy atom. The Bertz CT molecular complexity index is 887. The second-order valence-electron chi connectivity index (χ2n) is 5.06. The molecule has 2 aromatic heterocycles. The number of rotatable bonds is 5. The fourth-order valence-corrected chi connectivity index (χ4v) is 2.78. The lowest BCUT2D eigenvalue weighted by Crippen LogP contribution is -2.23. The lowest BCUT2D eigenvalue weighted by Gasteiger charge is -2.04. The van der Waals surface area contributed by atoms with Crippen LogP contribution in [0.5, 0.6) is 0 Å². The summed E-state index contributed by atoms with van der Waals surface area (Å²) < 4.78 is 5.37. The van der Waals surface area contributed by atoms with Crippen LogP contribution in [0.3, 0.4) is 0 Å². The molecule has 122 valence electrons. The number of nitrogens with zero attached hydrogens (tertiary/aromatic N) is 2. The zero-order valence-electron chi connectivity index (χ0n) is 12.7. The molecule has 3 rings (SSSR count). The minimum Gasteiger partial charge on any atom is -0.443 e. The number of hydrogen-bond acceptors (Lipinski definition) is 6. The molecule has 0 saturated heterocycles. The van der Waals surface area contributed by atoms with E-state index in [2.05, 4.69) is 10.3 Å². The van der Waals surface area contributed by atoms with Crippen molar-refractivity contribution < 1.29 is 14.1 Å². The number of nitro benzene ring substituents is 1. The molecule has 8 heteroatoms. The first-order valence-electron chi connectivity index (χ1n) is 7.06. The lowest BCUT2D eigenvalue weighted by molar-refractivity contribution is -0.385. The first-order valence-corrected chi connectivity index (χ1v) is 7.94. The van der Waals surface area contributed by atoms with E-state index in [0.717, 1.165) is 4.88 Å². The van der Waals surface area contributed by atoms with Gasteiger partial charge in [-0.3, -0.25) is 14.9 Å². The minimum atomic E-state index is -0.503. The van der Waals surface area contributed by atoms with Gasteiger partial charge in [-0.1, -0.05) is 12.1 Å². The van der Waals surface area contributed by atoms with Gasteiger partial charge in [-0.2, -0.15) is 0 Å². The van der Waals surface area contributed by atoms with Gasteiger partial charge in [-0.25, -0.2) is 4.98 Å². The third-order valence-electron chi connectivity index (χ3n) is 3.38. The number of amides is 1. The number of aryl methyl sites for hydroxylation is 1. The van der Waals surface area contributed by atoms with Crippen LogP contribution in [0.15, 0.2) is 46.4 Å². The summed E-state index contributed by atoms with van der Waals surface area (Å²) >= 11 is 1.51. The third kappa shape index (κ3) is 3.33. The first-order chi connectivity index (χ1) is 11.5. The van der Waals surface area contributed by atoms with E-state index in [0.29, 0.717) is 17.1 Å². The van der Waals surface area contributed by atoms with Crippen LogP contribution in [0.1, 0.15) is 21.6 Å². The number of benzene rings is 1. The van der Waals surface area contributed by atoms with E-state index in [9.17, 15) is 14.9 Å². The molecule has 24 heavy (non-hydrogen) atoms. The number of oxazole rings is 1. The van der Waals surface area contributed by atoms with Crippen molar-refractivity contribution in [3.8, 4) is 10.8 Å². The van der Waals surface area contributed by atoms with Gasteiger partial charge in [0, 0.05) is 17.2 Å². The van der Waals surface area contributed by atoms with Gasteiger partial charge >= 0.3 is 0 Å². The maximum absolute atomic E-state index is 12.1. The van der Waals surface area contributed by atoms with Gasteiger partial charge in [-0.15, -0.1) is 11.3 Å².